The first kappa shape index (κ1) is 15.7. The zero-order valence-electron chi connectivity index (χ0n) is 10.9. The quantitative estimate of drug-likeness (QED) is 0.599. The van der Waals surface area contributed by atoms with Crippen molar-refractivity contribution in [1.82, 2.24) is 4.98 Å². The summed E-state index contributed by atoms with van der Waals surface area (Å²) in [6.07, 6.45) is 2.44. The van der Waals surface area contributed by atoms with E-state index in [1.165, 1.54) is 12.2 Å². The van der Waals surface area contributed by atoms with Gasteiger partial charge in [-0.3, -0.25) is 0 Å². The van der Waals surface area contributed by atoms with Crippen molar-refractivity contribution in [1.29, 1.82) is 0 Å². The van der Waals surface area contributed by atoms with E-state index in [9.17, 15) is 22.8 Å². The minimum atomic E-state index is -4.36. The number of allylic oxidation sites excluding steroid dienone is 1. The van der Waals surface area contributed by atoms with Crippen LogP contribution in [-0.2, 0) is 16.0 Å². The van der Waals surface area contributed by atoms with Gasteiger partial charge in [0, 0.05) is 0 Å². The number of ether oxygens (including phenoxy) is 1. The molecule has 4 nitrogen and oxygen atoms in total. The number of alkyl halides is 3. The number of rotatable bonds is 3. The number of ketones is 1. The molecule has 8 heteroatoms. The molecule has 0 atom stereocenters. The van der Waals surface area contributed by atoms with E-state index in [0.717, 1.165) is 6.07 Å². The third-order valence-electron chi connectivity index (χ3n) is 2.59. The van der Waals surface area contributed by atoms with Crippen molar-refractivity contribution in [3.63, 3.8) is 0 Å². The number of esters is 1. The Morgan fingerprint density at radius 1 is 1.43 bits per heavy atom. The summed E-state index contributed by atoms with van der Waals surface area (Å²) in [6.45, 7) is 1.68. The van der Waals surface area contributed by atoms with Gasteiger partial charge in [-0.1, -0.05) is 0 Å². The minimum absolute atomic E-state index is 0.0215. The Kier molecular flexibility index (Phi) is 4.49. The van der Waals surface area contributed by atoms with Crippen molar-refractivity contribution >= 4 is 37.2 Å². The fourth-order valence-electron chi connectivity index (χ4n) is 1.81. The number of nitrogens with zero attached hydrogens (tertiary/aromatic N) is 1. The van der Waals surface area contributed by atoms with Gasteiger partial charge in [0.15, 0.2) is 0 Å². The van der Waals surface area contributed by atoms with Crippen LogP contribution in [0.3, 0.4) is 0 Å². The molecule has 0 aliphatic heterocycles. The van der Waals surface area contributed by atoms with Gasteiger partial charge in [-0.25, -0.2) is 0 Å². The Bertz CT molecular complexity index is 626. The van der Waals surface area contributed by atoms with E-state index in [2.05, 4.69) is 4.98 Å². The molecule has 0 bridgehead atoms. The van der Waals surface area contributed by atoms with Gasteiger partial charge in [0.05, 0.1) is 0 Å². The predicted octanol–water partition coefficient (Wildman–Crippen LogP) is 1.25. The molecule has 0 aromatic carbocycles. The van der Waals surface area contributed by atoms with E-state index in [-0.39, 0.29) is 40.2 Å². The monoisotopic (exact) mass is 365 g/mol. The van der Waals surface area contributed by atoms with Gasteiger partial charge in [0.1, 0.15) is 0 Å². The third kappa shape index (κ3) is 3.92. The van der Waals surface area contributed by atoms with Crippen molar-refractivity contribution in [2.75, 3.05) is 6.61 Å². The molecule has 0 radical (unpaired) electrons. The first-order chi connectivity index (χ1) is 9.80. The standard InChI is InChI=1S/C13H10F3NO3Se/c1-2-20-12(19)10-6-11(21-13(14,15)16)8-4-3-7(18)5-9(8)17-10/h3-4,6H,2,5H2,1H3. The third-order valence-corrected chi connectivity index (χ3v) is 4.24. The van der Waals surface area contributed by atoms with Gasteiger partial charge in [-0.05, 0) is 0 Å². The number of carbonyl (C=O) groups excluding carboxylic acids is 2. The molecule has 0 N–H and O–H groups in total. The SMILES string of the molecule is CCOC(=O)c1cc([Se]C(F)(F)F)c2c(n1)CC(=O)C=C2. The van der Waals surface area contributed by atoms with E-state index >= 15 is 0 Å². The Morgan fingerprint density at radius 3 is 2.76 bits per heavy atom. The molecular weight excluding hydrogens is 354 g/mol. The molecule has 0 fully saturated rings. The van der Waals surface area contributed by atoms with Crippen molar-refractivity contribution in [3.8, 4) is 0 Å². The first-order valence-corrected chi connectivity index (χ1v) is 7.69. The van der Waals surface area contributed by atoms with Crippen molar-refractivity contribution in [2.45, 2.75) is 18.4 Å². The van der Waals surface area contributed by atoms with Crippen LogP contribution in [0.4, 0.5) is 13.2 Å². The van der Waals surface area contributed by atoms with Crippen LogP contribution in [0.25, 0.3) is 6.08 Å². The second kappa shape index (κ2) is 5.99. The summed E-state index contributed by atoms with van der Waals surface area (Å²) in [5.41, 5.74) is 0.272. The predicted molar refractivity (Wildman–Crippen MR) is 69.4 cm³/mol. The zero-order valence-corrected chi connectivity index (χ0v) is 12.6. The number of carbonyl (C=O) groups is 2. The van der Waals surface area contributed by atoms with Gasteiger partial charge >= 0.3 is 124 Å². The number of aromatic nitrogens is 1. The van der Waals surface area contributed by atoms with Crippen LogP contribution in [0.1, 0.15) is 28.7 Å². The van der Waals surface area contributed by atoms with Gasteiger partial charge in [-0.15, -0.1) is 0 Å². The van der Waals surface area contributed by atoms with Crippen LogP contribution in [0, 0.1) is 0 Å². The fraction of sp³-hybridized carbons (Fsp3) is 0.308. The van der Waals surface area contributed by atoms with E-state index in [4.69, 9.17) is 4.74 Å². The number of fused-ring (bicyclic) bond motifs is 1. The van der Waals surface area contributed by atoms with Crippen molar-refractivity contribution < 1.29 is 27.5 Å². The summed E-state index contributed by atoms with van der Waals surface area (Å²) in [5.74, 6) is -1.05. The average Bonchev–Trinajstić information content (AvgIpc) is 2.36. The van der Waals surface area contributed by atoms with E-state index in [1.807, 2.05) is 0 Å². The van der Waals surface area contributed by atoms with E-state index in [0.29, 0.717) is 0 Å². The molecule has 2 rings (SSSR count). The van der Waals surface area contributed by atoms with Crippen LogP contribution in [0.15, 0.2) is 12.1 Å². The second-order valence-electron chi connectivity index (χ2n) is 4.11. The van der Waals surface area contributed by atoms with Crippen molar-refractivity contribution in [2.24, 2.45) is 0 Å². The molecule has 1 aromatic rings. The Labute approximate surface area is 124 Å². The van der Waals surface area contributed by atoms with Gasteiger partial charge in [0.25, 0.3) is 0 Å². The molecule has 1 heterocycles. The topological polar surface area (TPSA) is 56.3 Å². The van der Waals surface area contributed by atoms with Crippen LogP contribution in [0.5, 0.6) is 0 Å². The maximum absolute atomic E-state index is 12.7. The Balaban J connectivity index is 2.50. The Hall–Kier alpha value is -1.66. The van der Waals surface area contributed by atoms with Crippen LogP contribution in [0.2, 0.25) is 0 Å². The van der Waals surface area contributed by atoms with Crippen LogP contribution in [-0.4, -0.2) is 43.4 Å². The summed E-state index contributed by atoms with van der Waals surface area (Å²) < 4.78 is 42.7. The van der Waals surface area contributed by atoms with E-state index < -0.39 is 26.0 Å². The molecule has 0 saturated heterocycles. The number of pyridine rings is 1. The summed E-state index contributed by atoms with van der Waals surface area (Å²) >= 11 is -1.83. The first-order valence-electron chi connectivity index (χ1n) is 5.98. The number of hydrogen-bond acceptors (Lipinski definition) is 4. The summed E-state index contributed by atoms with van der Waals surface area (Å²) in [4.78, 5) is 27.0. The summed E-state index contributed by atoms with van der Waals surface area (Å²) in [5, 5.41) is -4.36. The summed E-state index contributed by atoms with van der Waals surface area (Å²) in [7, 11) is 0. The number of hydrogen-bond donors (Lipinski definition) is 0. The van der Waals surface area contributed by atoms with Gasteiger partial charge < -0.3 is 0 Å². The normalized spacial score (nSPS) is 14.0. The second-order valence-corrected chi connectivity index (χ2v) is 6.43. The molecule has 1 aliphatic carbocycles. The molecule has 112 valence electrons. The van der Waals surface area contributed by atoms with Gasteiger partial charge in [0.2, 0.25) is 0 Å². The van der Waals surface area contributed by atoms with Gasteiger partial charge in [-0.2, -0.15) is 0 Å². The molecular formula is C13H10F3NO3Se. The van der Waals surface area contributed by atoms with E-state index in [1.54, 1.807) is 6.92 Å². The molecule has 1 aromatic heterocycles. The van der Waals surface area contributed by atoms with Crippen LogP contribution < -0.4 is 4.46 Å². The van der Waals surface area contributed by atoms with Crippen LogP contribution >= 0.6 is 0 Å². The molecule has 0 unspecified atom stereocenters. The van der Waals surface area contributed by atoms with Crippen molar-refractivity contribution in [3.05, 3.63) is 29.1 Å². The fourth-order valence-corrected chi connectivity index (χ4v) is 3.32. The molecule has 21 heavy (non-hydrogen) atoms. The molecule has 1 aliphatic rings. The number of halogens is 3. The zero-order chi connectivity index (χ0) is 15.6. The molecule has 0 amide bonds. The summed E-state index contributed by atoms with van der Waals surface area (Å²) in [6, 6.07) is 1.10. The molecule has 0 saturated carbocycles. The molecule has 0 spiro atoms. The Morgan fingerprint density at radius 2 is 2.14 bits per heavy atom. The maximum atomic E-state index is 12.7. The average molecular weight is 364 g/mol.